The van der Waals surface area contributed by atoms with Gasteiger partial charge < -0.3 is 29.5 Å². The zero-order chi connectivity index (χ0) is 37.8. The number of carboxylic acid groups (broad SMARTS) is 1. The van der Waals surface area contributed by atoms with Gasteiger partial charge in [-0.15, -0.1) is 0 Å². The smallest absolute Gasteiger partial charge is 0.408 e. The normalized spacial score (nSPS) is 14.0. The molecule has 1 saturated carbocycles. The van der Waals surface area contributed by atoms with Crippen molar-refractivity contribution in [2.45, 2.75) is 69.0 Å². The molecule has 3 aromatic carbocycles. The van der Waals surface area contributed by atoms with Crippen LogP contribution in [0.3, 0.4) is 0 Å². The number of carbonyl (C=O) groups excluding carboxylic acids is 2. The van der Waals surface area contributed by atoms with E-state index < -0.39 is 52.8 Å². The number of hydrogen-bond donors (Lipinski definition) is 3. The summed E-state index contributed by atoms with van der Waals surface area (Å²) < 4.78 is 47.1. The Morgan fingerprint density at radius 3 is 2.21 bits per heavy atom. The first kappa shape index (κ1) is 41.0. The highest BCUT2D eigenvalue weighted by Gasteiger charge is 2.40. The first-order chi connectivity index (χ1) is 24.9. The molecular formula is C36H44BrClN4O9S. The monoisotopic (exact) mass is 822 g/mol. The zero-order valence-corrected chi connectivity index (χ0v) is 32.3. The van der Waals surface area contributed by atoms with Crippen LogP contribution in [0.4, 0.5) is 4.79 Å². The Balaban J connectivity index is 1.70. The first-order valence-electron chi connectivity index (χ1n) is 16.8. The summed E-state index contributed by atoms with van der Waals surface area (Å²) in [5, 5.41) is 13.3. The van der Waals surface area contributed by atoms with E-state index in [-0.39, 0.29) is 41.2 Å². The molecule has 3 amide bonds. The van der Waals surface area contributed by atoms with E-state index in [0.717, 1.165) is 27.8 Å². The maximum absolute atomic E-state index is 14.4. The molecule has 13 nitrogen and oxygen atoms in total. The number of amides is 3. The number of halogens is 2. The van der Waals surface area contributed by atoms with E-state index >= 15 is 0 Å². The average Bonchev–Trinajstić information content (AvgIpc) is 3.96. The quantitative estimate of drug-likeness (QED) is 0.132. The van der Waals surface area contributed by atoms with Crippen molar-refractivity contribution in [1.29, 1.82) is 0 Å². The molecule has 16 heteroatoms. The van der Waals surface area contributed by atoms with Crippen LogP contribution in [0.25, 0.3) is 0 Å². The largest absolute Gasteiger partial charge is 0.495 e. The molecule has 0 radical (unpaired) electrons. The fraction of sp³-hybridized carbons (Fsp3) is 0.417. The lowest BCUT2D eigenvalue weighted by atomic mass is 10.0. The number of benzene rings is 3. The number of hydrogen-bond acceptors (Lipinski definition) is 8. The van der Waals surface area contributed by atoms with Crippen LogP contribution in [0.2, 0.25) is 5.02 Å². The summed E-state index contributed by atoms with van der Waals surface area (Å²) in [5.74, 6) is -1.29. The molecule has 0 spiro atoms. The van der Waals surface area contributed by atoms with Gasteiger partial charge in [-0.25, -0.2) is 17.9 Å². The molecule has 1 fully saturated rings. The maximum Gasteiger partial charge on any atom is 0.408 e. The molecular weight excluding hydrogens is 780 g/mol. The Labute approximate surface area is 317 Å². The second kappa shape index (κ2) is 19.4. The number of nitrogens with zero attached hydrogens (tertiary/aromatic N) is 2. The lowest BCUT2D eigenvalue weighted by molar-refractivity contribution is -0.161. The fourth-order valence-electron chi connectivity index (χ4n) is 5.58. The second-order valence-electron chi connectivity index (χ2n) is 12.0. The molecule has 282 valence electrons. The summed E-state index contributed by atoms with van der Waals surface area (Å²) >= 11 is 9.53. The topological polar surface area (TPSA) is 164 Å². The third-order valence-corrected chi connectivity index (χ3v) is 10.5. The molecule has 0 aromatic heterocycles. The van der Waals surface area contributed by atoms with Gasteiger partial charge >= 0.3 is 6.09 Å². The van der Waals surface area contributed by atoms with Crippen LogP contribution in [0.5, 0.6) is 5.75 Å². The van der Waals surface area contributed by atoms with Crippen LogP contribution >= 0.6 is 27.5 Å². The highest BCUT2D eigenvalue weighted by atomic mass is 79.9. The third kappa shape index (κ3) is 11.6. The van der Waals surface area contributed by atoms with Crippen molar-refractivity contribution >= 4 is 55.5 Å². The van der Waals surface area contributed by atoms with Crippen molar-refractivity contribution in [3.8, 4) is 5.75 Å². The standard InChI is InChI=1S/C36H44BrClN4O9S/c1-4-50-33(51-5-2)23-41(28-16-17-28)35(44)29(19-24-11-13-26(37)14-12-24)40-34(43)30(42(36(45)46)22-25-9-7-6-8-10-25)21-39-52(47,48)32-20-27(38)15-18-31(32)49-3/h6-15,18,20,28-30,33,39H,4-5,16-17,19,21-23H2,1-3H3,(H,40,43)(H,45,46). The van der Waals surface area contributed by atoms with Crippen molar-refractivity contribution in [2.24, 2.45) is 0 Å². The molecule has 52 heavy (non-hydrogen) atoms. The SMILES string of the molecule is CCOC(CN(C(=O)C(Cc1ccc(Br)cc1)NC(=O)C(CNS(=O)(=O)c1cc(Cl)ccc1OC)N(Cc1ccccc1)C(=O)O)C1CC1)OCC. The highest BCUT2D eigenvalue weighted by molar-refractivity contribution is 9.10. The fourth-order valence-corrected chi connectivity index (χ4v) is 7.31. The van der Waals surface area contributed by atoms with Crippen molar-refractivity contribution in [2.75, 3.05) is 33.4 Å². The van der Waals surface area contributed by atoms with Gasteiger partial charge in [-0.3, -0.25) is 14.5 Å². The van der Waals surface area contributed by atoms with Gasteiger partial charge in [0.2, 0.25) is 21.8 Å². The van der Waals surface area contributed by atoms with Gasteiger partial charge in [-0.1, -0.05) is 70.0 Å². The summed E-state index contributed by atoms with van der Waals surface area (Å²) in [5.41, 5.74) is 1.29. The van der Waals surface area contributed by atoms with Gasteiger partial charge in [0, 0.05) is 48.3 Å². The minimum Gasteiger partial charge on any atom is -0.495 e. The van der Waals surface area contributed by atoms with Gasteiger partial charge in [0.1, 0.15) is 22.7 Å². The molecule has 0 heterocycles. The number of ether oxygens (including phenoxy) is 3. The summed E-state index contributed by atoms with van der Waals surface area (Å²) in [7, 11) is -3.10. The lowest BCUT2D eigenvalue weighted by Gasteiger charge is -2.33. The summed E-state index contributed by atoms with van der Waals surface area (Å²) in [6.07, 6.45) is -0.579. The maximum atomic E-state index is 14.4. The molecule has 3 N–H and O–H groups in total. The molecule has 0 aliphatic heterocycles. The van der Waals surface area contributed by atoms with E-state index in [1.54, 1.807) is 35.2 Å². The summed E-state index contributed by atoms with van der Waals surface area (Å²) in [6, 6.07) is 17.0. The molecule has 3 aromatic rings. The van der Waals surface area contributed by atoms with Gasteiger partial charge in [0.25, 0.3) is 0 Å². The van der Waals surface area contributed by atoms with Gasteiger partial charge in [-0.05, 0) is 68.1 Å². The number of rotatable bonds is 20. The number of carbonyl (C=O) groups is 3. The molecule has 4 rings (SSSR count). The number of methoxy groups -OCH3 is 1. The van der Waals surface area contributed by atoms with E-state index in [1.807, 2.05) is 38.1 Å². The molecule has 1 aliphatic rings. The zero-order valence-electron chi connectivity index (χ0n) is 29.2. The van der Waals surface area contributed by atoms with E-state index in [4.69, 9.17) is 25.8 Å². The molecule has 2 atom stereocenters. The van der Waals surface area contributed by atoms with Crippen molar-refractivity contribution in [3.63, 3.8) is 0 Å². The second-order valence-corrected chi connectivity index (χ2v) is 15.1. The average molecular weight is 824 g/mol. The number of nitrogens with one attached hydrogen (secondary N) is 2. The summed E-state index contributed by atoms with van der Waals surface area (Å²) in [6.45, 7) is 3.57. The summed E-state index contributed by atoms with van der Waals surface area (Å²) in [4.78, 5) is 43.8. The van der Waals surface area contributed by atoms with Crippen molar-refractivity contribution in [3.05, 3.63) is 93.4 Å². The van der Waals surface area contributed by atoms with Crippen LogP contribution in [-0.4, -0.2) is 99.1 Å². The molecule has 0 saturated heterocycles. The van der Waals surface area contributed by atoms with Gasteiger partial charge in [0.15, 0.2) is 6.29 Å². The Morgan fingerprint density at radius 1 is 0.981 bits per heavy atom. The Kier molecular flexibility index (Phi) is 15.3. The molecule has 2 unspecified atom stereocenters. The lowest BCUT2D eigenvalue weighted by Crippen LogP contribution is -2.59. The van der Waals surface area contributed by atoms with Gasteiger partial charge in [-0.2, -0.15) is 0 Å². The Bertz CT molecular complexity index is 1760. The molecule has 1 aliphatic carbocycles. The van der Waals surface area contributed by atoms with Crippen LogP contribution in [0.1, 0.15) is 37.8 Å². The van der Waals surface area contributed by atoms with Crippen LogP contribution in [-0.2, 0) is 42.1 Å². The first-order valence-corrected chi connectivity index (χ1v) is 19.5. The van der Waals surface area contributed by atoms with Gasteiger partial charge in [0.05, 0.1) is 13.7 Å². The van der Waals surface area contributed by atoms with E-state index in [0.29, 0.717) is 18.8 Å². The molecule has 0 bridgehead atoms. The van der Waals surface area contributed by atoms with Crippen LogP contribution in [0.15, 0.2) is 82.2 Å². The minimum absolute atomic E-state index is 0.00462. The van der Waals surface area contributed by atoms with Crippen molar-refractivity contribution in [1.82, 2.24) is 19.8 Å². The minimum atomic E-state index is -4.39. The van der Waals surface area contributed by atoms with Crippen LogP contribution < -0.4 is 14.8 Å². The van der Waals surface area contributed by atoms with Crippen LogP contribution in [0, 0.1) is 0 Å². The third-order valence-electron chi connectivity index (χ3n) is 8.29. The van der Waals surface area contributed by atoms with E-state index in [9.17, 15) is 27.9 Å². The Morgan fingerprint density at radius 2 is 1.63 bits per heavy atom. The van der Waals surface area contributed by atoms with E-state index in [1.165, 1.54) is 25.3 Å². The predicted octanol–water partition coefficient (Wildman–Crippen LogP) is 5.06. The van der Waals surface area contributed by atoms with Crippen molar-refractivity contribution < 1.29 is 42.1 Å². The Hall–Kier alpha value is -3.73. The highest BCUT2D eigenvalue weighted by Crippen LogP contribution is 2.29. The predicted molar refractivity (Wildman–Crippen MR) is 199 cm³/mol. The van der Waals surface area contributed by atoms with E-state index in [2.05, 4.69) is 26.0 Å². The number of sulfonamides is 1.